The average molecular weight is 476 g/mol. The minimum Gasteiger partial charge on any atom is -0.477 e. The lowest BCUT2D eigenvalue weighted by Crippen LogP contribution is -2.64. The van der Waals surface area contributed by atoms with Crippen LogP contribution in [-0.4, -0.2) is 68.5 Å². The van der Waals surface area contributed by atoms with Crippen LogP contribution in [0.5, 0.6) is 0 Å². The number of carboxylic acid groups (broad SMARTS) is 1. The number of hydrogen-bond donors (Lipinski definition) is 5. The standard InChI is InChI=1S/C26H37NO7/c1-14(3-6-20(30)27-12-21(31)32)16-4-5-17-22-18(8-9-25(16,17)2)26(13-28)10-7-15(29)11-19(26)23(33)24(22)34/h7-10,12,14-19,22-24,28-29,33-34H,3-6,11,13H2,1-2H3,(H,31,32)/t14-,15-,16-,17+,18+,19+,22+,23+,24+,25-,26+/m1/s1. The smallest absolute Gasteiger partial charge is 0.347 e. The predicted octanol–water partition coefficient (Wildman–Crippen LogP) is 1.57. The van der Waals surface area contributed by atoms with Gasteiger partial charge >= 0.3 is 5.97 Å². The van der Waals surface area contributed by atoms with Crippen LogP contribution in [0.25, 0.3) is 0 Å². The van der Waals surface area contributed by atoms with Crippen LogP contribution >= 0.6 is 0 Å². The van der Waals surface area contributed by atoms with E-state index < -0.39 is 41.5 Å². The molecule has 1 amide bonds. The number of hydrogen-bond acceptors (Lipinski definition) is 6. The number of rotatable bonds is 6. The van der Waals surface area contributed by atoms with Crippen molar-refractivity contribution < 1.29 is 35.1 Å². The Balaban J connectivity index is 1.58. The quantitative estimate of drug-likeness (QED) is 0.289. The van der Waals surface area contributed by atoms with Gasteiger partial charge in [0.2, 0.25) is 5.91 Å². The van der Waals surface area contributed by atoms with Crippen molar-refractivity contribution in [3.63, 3.8) is 0 Å². The Morgan fingerprint density at radius 3 is 2.53 bits per heavy atom. The average Bonchev–Trinajstić information content (AvgIpc) is 3.16. The molecule has 4 aliphatic rings. The number of aliphatic hydroxyl groups is 4. The van der Waals surface area contributed by atoms with E-state index in [4.69, 9.17) is 5.11 Å². The number of aliphatic carboxylic acids is 1. The molecule has 0 spiro atoms. The van der Waals surface area contributed by atoms with Crippen molar-refractivity contribution in [2.45, 2.75) is 64.3 Å². The molecule has 4 aliphatic carbocycles. The van der Waals surface area contributed by atoms with Gasteiger partial charge in [-0.1, -0.05) is 38.2 Å². The lowest BCUT2D eigenvalue weighted by Gasteiger charge is -2.60. The van der Waals surface area contributed by atoms with Crippen LogP contribution in [0.15, 0.2) is 29.3 Å². The van der Waals surface area contributed by atoms with Gasteiger partial charge in [-0.15, -0.1) is 0 Å². The third-order valence-electron chi connectivity index (χ3n) is 9.61. The molecular formula is C26H37NO7. The van der Waals surface area contributed by atoms with Crippen LogP contribution in [0, 0.1) is 46.3 Å². The highest BCUT2D eigenvalue weighted by Crippen LogP contribution is 2.65. The molecule has 2 fully saturated rings. The zero-order chi connectivity index (χ0) is 24.8. The molecule has 0 aliphatic heterocycles. The highest BCUT2D eigenvalue weighted by atomic mass is 16.4. The summed E-state index contributed by atoms with van der Waals surface area (Å²) in [5.74, 6) is -1.89. The van der Waals surface area contributed by atoms with Crippen molar-refractivity contribution in [1.29, 1.82) is 0 Å². The van der Waals surface area contributed by atoms with E-state index in [0.29, 0.717) is 19.1 Å². The summed E-state index contributed by atoms with van der Waals surface area (Å²) < 4.78 is 0. The SMILES string of the molecule is C[C@H](CCC(=O)N=CC(=O)O)[C@H]1CC[C@H]2[C@@H]3[C@H](O)[C@@H](O)[C@@H]4C[C@H](O)C=C[C@]4(CO)[C@H]3C=C[C@]12C. The van der Waals surface area contributed by atoms with E-state index in [0.717, 1.165) is 12.8 Å². The monoisotopic (exact) mass is 475 g/mol. The summed E-state index contributed by atoms with van der Waals surface area (Å²) in [4.78, 5) is 26.0. The van der Waals surface area contributed by atoms with Crippen molar-refractivity contribution in [3.8, 4) is 0 Å². The first-order chi connectivity index (χ1) is 16.0. The molecule has 0 unspecified atom stereocenters. The molecule has 188 valence electrons. The van der Waals surface area contributed by atoms with Gasteiger partial charge in [0, 0.05) is 17.8 Å². The number of amides is 1. The van der Waals surface area contributed by atoms with Crippen molar-refractivity contribution in [2.24, 2.45) is 51.3 Å². The van der Waals surface area contributed by atoms with Crippen LogP contribution in [0.4, 0.5) is 0 Å². The van der Waals surface area contributed by atoms with Crippen molar-refractivity contribution in [3.05, 3.63) is 24.3 Å². The second-order valence-corrected chi connectivity index (χ2v) is 11.1. The molecule has 0 aromatic heterocycles. The molecule has 0 aromatic carbocycles. The molecular weight excluding hydrogens is 438 g/mol. The first kappa shape index (κ1) is 25.2. The topological polar surface area (TPSA) is 148 Å². The van der Waals surface area contributed by atoms with E-state index in [2.05, 4.69) is 31.0 Å². The Bertz CT molecular complexity index is 900. The zero-order valence-corrected chi connectivity index (χ0v) is 19.8. The Morgan fingerprint density at radius 1 is 1.12 bits per heavy atom. The number of aliphatic hydroxyl groups excluding tert-OH is 4. The Hall–Kier alpha value is -1.87. The van der Waals surface area contributed by atoms with Gasteiger partial charge in [0.1, 0.15) is 6.21 Å². The van der Waals surface area contributed by atoms with Crippen LogP contribution in [-0.2, 0) is 9.59 Å². The third-order valence-corrected chi connectivity index (χ3v) is 9.61. The van der Waals surface area contributed by atoms with E-state index in [1.165, 1.54) is 0 Å². The van der Waals surface area contributed by atoms with Gasteiger partial charge < -0.3 is 25.5 Å². The van der Waals surface area contributed by atoms with E-state index in [1.807, 2.05) is 6.08 Å². The number of allylic oxidation sites excluding steroid dienone is 2. The molecule has 8 nitrogen and oxygen atoms in total. The number of carbonyl (C=O) groups is 2. The van der Waals surface area contributed by atoms with Crippen molar-refractivity contribution in [2.75, 3.05) is 6.61 Å². The summed E-state index contributed by atoms with van der Waals surface area (Å²) >= 11 is 0. The third kappa shape index (κ3) is 3.98. The molecule has 4 rings (SSSR count). The maximum Gasteiger partial charge on any atom is 0.347 e. The molecule has 0 radical (unpaired) electrons. The second kappa shape index (κ2) is 9.30. The van der Waals surface area contributed by atoms with Gasteiger partial charge in [0.25, 0.3) is 0 Å². The van der Waals surface area contributed by atoms with Crippen LogP contribution in [0.3, 0.4) is 0 Å². The molecule has 0 heterocycles. The Morgan fingerprint density at radius 2 is 1.85 bits per heavy atom. The fraction of sp³-hybridized carbons (Fsp3) is 0.731. The highest BCUT2D eigenvalue weighted by molar-refractivity contribution is 6.24. The van der Waals surface area contributed by atoms with Gasteiger partial charge in [-0.2, -0.15) is 0 Å². The normalized spacial score (nSPS) is 46.1. The van der Waals surface area contributed by atoms with Crippen LogP contribution < -0.4 is 0 Å². The van der Waals surface area contributed by atoms with Gasteiger partial charge in [0.15, 0.2) is 0 Å². The fourth-order valence-electron chi connectivity index (χ4n) is 7.96. The molecule has 0 bridgehead atoms. The fourth-order valence-corrected chi connectivity index (χ4v) is 7.96. The van der Waals surface area contributed by atoms with Crippen molar-refractivity contribution in [1.82, 2.24) is 0 Å². The maximum absolute atomic E-state index is 11.9. The maximum atomic E-state index is 11.9. The predicted molar refractivity (Wildman–Crippen MR) is 125 cm³/mol. The molecule has 8 heteroatoms. The summed E-state index contributed by atoms with van der Waals surface area (Å²) in [6, 6.07) is 0. The largest absolute Gasteiger partial charge is 0.477 e. The number of fused-ring (bicyclic) bond motifs is 5. The van der Waals surface area contributed by atoms with Gasteiger partial charge in [-0.05, 0) is 60.7 Å². The van der Waals surface area contributed by atoms with Gasteiger partial charge in [-0.25, -0.2) is 9.79 Å². The van der Waals surface area contributed by atoms with E-state index in [1.54, 1.807) is 6.08 Å². The molecule has 5 N–H and O–H groups in total. The van der Waals surface area contributed by atoms with Crippen LogP contribution in [0.1, 0.15) is 46.0 Å². The highest BCUT2D eigenvalue weighted by Gasteiger charge is 2.64. The first-order valence-electron chi connectivity index (χ1n) is 12.4. The second-order valence-electron chi connectivity index (χ2n) is 11.1. The molecule has 0 saturated heterocycles. The summed E-state index contributed by atoms with van der Waals surface area (Å²) in [6.07, 6.45) is 8.79. The van der Waals surface area contributed by atoms with E-state index >= 15 is 0 Å². The Kier molecular flexibility index (Phi) is 6.90. The number of carbonyl (C=O) groups excluding carboxylic acids is 1. The number of aliphatic imine (C=N–C) groups is 1. The minimum atomic E-state index is -1.24. The summed E-state index contributed by atoms with van der Waals surface area (Å²) in [6.45, 7) is 4.15. The number of carboxylic acids is 1. The van der Waals surface area contributed by atoms with Gasteiger partial charge in [0.05, 0.1) is 24.9 Å². The molecule has 34 heavy (non-hydrogen) atoms. The summed E-state index contributed by atoms with van der Waals surface area (Å²) in [5, 5.41) is 51.7. The molecule has 2 saturated carbocycles. The lowest BCUT2D eigenvalue weighted by atomic mass is 9.46. The van der Waals surface area contributed by atoms with Crippen LogP contribution in [0.2, 0.25) is 0 Å². The first-order valence-corrected chi connectivity index (χ1v) is 12.4. The van der Waals surface area contributed by atoms with Gasteiger partial charge in [-0.3, -0.25) is 4.79 Å². The summed E-state index contributed by atoms with van der Waals surface area (Å²) in [5.41, 5.74) is -0.936. The summed E-state index contributed by atoms with van der Waals surface area (Å²) in [7, 11) is 0. The van der Waals surface area contributed by atoms with Crippen molar-refractivity contribution >= 4 is 18.1 Å². The zero-order valence-electron chi connectivity index (χ0n) is 19.8. The Labute approximate surface area is 200 Å². The molecule has 11 atom stereocenters. The van der Waals surface area contributed by atoms with E-state index in [-0.39, 0.29) is 48.0 Å². The van der Waals surface area contributed by atoms with E-state index in [9.17, 15) is 30.0 Å². The lowest BCUT2D eigenvalue weighted by molar-refractivity contribution is -0.185. The number of nitrogens with zero attached hydrogens (tertiary/aromatic N) is 1. The molecule has 0 aromatic rings. The minimum absolute atomic E-state index is 0.116.